The molecule has 5 heteroatoms. The van der Waals surface area contributed by atoms with Crippen molar-refractivity contribution in [3.05, 3.63) is 34.1 Å². The highest BCUT2D eigenvalue weighted by molar-refractivity contribution is 9.10. The smallest absolute Gasteiger partial charge is 0.215 e. The van der Waals surface area contributed by atoms with Crippen molar-refractivity contribution in [1.82, 2.24) is 14.0 Å². The molecule has 3 rings (SSSR count). The summed E-state index contributed by atoms with van der Waals surface area (Å²) in [7, 11) is 2.03. The van der Waals surface area contributed by atoms with Crippen LogP contribution in [0, 0.1) is 6.92 Å². The molecular weight excluding hydrogens is 292 g/mol. The van der Waals surface area contributed by atoms with Crippen LogP contribution in [0.1, 0.15) is 11.3 Å². The van der Waals surface area contributed by atoms with Gasteiger partial charge in [-0.25, -0.2) is 4.98 Å². The van der Waals surface area contributed by atoms with Crippen molar-refractivity contribution in [2.24, 2.45) is 12.8 Å². The molecule has 2 heterocycles. The summed E-state index contributed by atoms with van der Waals surface area (Å²) in [6.07, 6.45) is 0.841. The minimum atomic E-state index is 0.636. The molecule has 0 amide bonds. The molecule has 94 valence electrons. The van der Waals surface area contributed by atoms with E-state index in [1.165, 1.54) is 11.3 Å². The molecule has 0 aliphatic rings. The average molecular weight is 307 g/mol. The lowest BCUT2D eigenvalue weighted by Gasteiger charge is -2.01. The highest BCUT2D eigenvalue weighted by Crippen LogP contribution is 2.27. The fourth-order valence-corrected chi connectivity index (χ4v) is 3.21. The van der Waals surface area contributed by atoms with Crippen molar-refractivity contribution in [3.8, 4) is 0 Å². The molecular formula is C13H15BrN4. The van der Waals surface area contributed by atoms with Crippen LogP contribution >= 0.6 is 15.9 Å². The van der Waals surface area contributed by atoms with E-state index in [0.29, 0.717) is 6.54 Å². The Bertz CT molecular complexity index is 738. The summed E-state index contributed by atoms with van der Waals surface area (Å²) in [5, 5.41) is 0. The monoisotopic (exact) mass is 306 g/mol. The summed E-state index contributed by atoms with van der Waals surface area (Å²) in [5.41, 5.74) is 10.2. The van der Waals surface area contributed by atoms with Gasteiger partial charge in [0.25, 0.3) is 0 Å². The zero-order valence-corrected chi connectivity index (χ0v) is 12.0. The number of imidazole rings is 2. The van der Waals surface area contributed by atoms with Gasteiger partial charge in [-0.3, -0.25) is 4.40 Å². The number of fused-ring (bicyclic) bond motifs is 3. The van der Waals surface area contributed by atoms with E-state index < -0.39 is 0 Å². The van der Waals surface area contributed by atoms with E-state index in [4.69, 9.17) is 10.7 Å². The topological polar surface area (TPSA) is 48.2 Å². The Labute approximate surface area is 114 Å². The van der Waals surface area contributed by atoms with Crippen LogP contribution in [0.25, 0.3) is 16.8 Å². The standard InChI is InChI=1S/C13H15BrN4/c1-8-3-4-10-9(7-8)16-13-17(2)11(5-6-15)12(14)18(10)13/h3-4,7H,5-6,15H2,1-2H3. The molecule has 4 nitrogen and oxygen atoms in total. The van der Waals surface area contributed by atoms with E-state index >= 15 is 0 Å². The van der Waals surface area contributed by atoms with Gasteiger partial charge >= 0.3 is 0 Å². The Morgan fingerprint density at radius 1 is 1.39 bits per heavy atom. The molecule has 18 heavy (non-hydrogen) atoms. The van der Waals surface area contributed by atoms with Crippen LogP contribution in [0.15, 0.2) is 22.8 Å². The fraction of sp³-hybridized carbons (Fsp3) is 0.308. The number of aryl methyl sites for hydroxylation is 2. The molecule has 0 fully saturated rings. The molecule has 1 aromatic carbocycles. The lowest BCUT2D eigenvalue weighted by atomic mass is 10.2. The number of nitrogens with two attached hydrogens (primary N) is 1. The molecule has 0 aliphatic heterocycles. The number of aromatic nitrogens is 3. The van der Waals surface area contributed by atoms with E-state index in [1.807, 2.05) is 7.05 Å². The van der Waals surface area contributed by atoms with Gasteiger partial charge in [-0.05, 0) is 47.1 Å². The van der Waals surface area contributed by atoms with Crippen molar-refractivity contribution < 1.29 is 0 Å². The number of hydrogen-bond donors (Lipinski definition) is 1. The summed E-state index contributed by atoms with van der Waals surface area (Å²) in [6, 6.07) is 6.33. The molecule has 0 atom stereocenters. The van der Waals surface area contributed by atoms with E-state index in [-0.39, 0.29) is 0 Å². The van der Waals surface area contributed by atoms with E-state index in [2.05, 4.69) is 50.0 Å². The maximum absolute atomic E-state index is 5.66. The second-order valence-electron chi connectivity index (χ2n) is 4.57. The Balaban J connectivity index is 2.41. The van der Waals surface area contributed by atoms with Crippen molar-refractivity contribution >= 4 is 32.7 Å². The third kappa shape index (κ3) is 1.51. The second-order valence-corrected chi connectivity index (χ2v) is 5.33. The predicted octanol–water partition coefficient (Wildman–Crippen LogP) is 2.40. The van der Waals surface area contributed by atoms with Crippen LogP contribution < -0.4 is 5.73 Å². The van der Waals surface area contributed by atoms with Gasteiger partial charge in [0.1, 0.15) is 4.60 Å². The maximum atomic E-state index is 5.66. The van der Waals surface area contributed by atoms with Crippen LogP contribution in [0.4, 0.5) is 0 Å². The van der Waals surface area contributed by atoms with Gasteiger partial charge in [0, 0.05) is 13.5 Å². The minimum Gasteiger partial charge on any atom is -0.330 e. The number of nitrogens with zero attached hydrogens (tertiary/aromatic N) is 3. The maximum Gasteiger partial charge on any atom is 0.215 e. The predicted molar refractivity (Wildman–Crippen MR) is 76.9 cm³/mol. The molecule has 0 saturated heterocycles. The first-order valence-electron chi connectivity index (χ1n) is 5.95. The van der Waals surface area contributed by atoms with Gasteiger partial charge in [-0.1, -0.05) is 6.07 Å². The Hall–Kier alpha value is -1.33. The minimum absolute atomic E-state index is 0.636. The number of hydrogen-bond acceptors (Lipinski definition) is 2. The number of halogens is 1. The van der Waals surface area contributed by atoms with Gasteiger partial charge in [0.15, 0.2) is 0 Å². The lowest BCUT2D eigenvalue weighted by molar-refractivity contribution is 0.816. The van der Waals surface area contributed by atoms with Crippen LogP contribution in [-0.4, -0.2) is 20.5 Å². The largest absolute Gasteiger partial charge is 0.330 e. The number of benzene rings is 1. The third-order valence-corrected chi connectivity index (χ3v) is 4.13. The van der Waals surface area contributed by atoms with Crippen molar-refractivity contribution in [3.63, 3.8) is 0 Å². The molecule has 2 aromatic heterocycles. The first-order chi connectivity index (χ1) is 8.63. The van der Waals surface area contributed by atoms with E-state index in [1.54, 1.807) is 0 Å². The highest BCUT2D eigenvalue weighted by Gasteiger charge is 2.16. The average Bonchev–Trinajstić information content (AvgIpc) is 2.81. The molecule has 2 N–H and O–H groups in total. The number of rotatable bonds is 2. The summed E-state index contributed by atoms with van der Waals surface area (Å²) in [4.78, 5) is 4.69. The van der Waals surface area contributed by atoms with Crippen LogP contribution in [0.3, 0.4) is 0 Å². The Morgan fingerprint density at radius 2 is 2.17 bits per heavy atom. The van der Waals surface area contributed by atoms with Gasteiger partial charge in [-0.2, -0.15) is 0 Å². The molecule has 3 aromatic rings. The molecule has 0 unspecified atom stereocenters. The molecule has 0 saturated carbocycles. The second kappa shape index (κ2) is 4.10. The van der Waals surface area contributed by atoms with Gasteiger partial charge < -0.3 is 10.3 Å². The summed E-state index contributed by atoms with van der Waals surface area (Å²) in [6.45, 7) is 2.72. The van der Waals surface area contributed by atoms with E-state index in [9.17, 15) is 0 Å². The van der Waals surface area contributed by atoms with Crippen molar-refractivity contribution in [1.29, 1.82) is 0 Å². The van der Waals surface area contributed by atoms with Gasteiger partial charge in [0.2, 0.25) is 5.78 Å². The van der Waals surface area contributed by atoms with Crippen molar-refractivity contribution in [2.75, 3.05) is 6.54 Å². The first-order valence-corrected chi connectivity index (χ1v) is 6.74. The van der Waals surface area contributed by atoms with Gasteiger partial charge in [0.05, 0.1) is 16.7 Å². The quantitative estimate of drug-likeness (QED) is 0.790. The molecule has 0 bridgehead atoms. The Kier molecular flexibility index (Phi) is 2.68. The summed E-state index contributed by atoms with van der Waals surface area (Å²) in [5.74, 6) is 0.950. The van der Waals surface area contributed by atoms with Gasteiger partial charge in [-0.15, -0.1) is 0 Å². The fourth-order valence-electron chi connectivity index (χ4n) is 2.39. The van der Waals surface area contributed by atoms with Crippen LogP contribution in [-0.2, 0) is 13.5 Å². The third-order valence-electron chi connectivity index (χ3n) is 3.31. The zero-order chi connectivity index (χ0) is 12.9. The van der Waals surface area contributed by atoms with Crippen molar-refractivity contribution in [2.45, 2.75) is 13.3 Å². The lowest BCUT2D eigenvalue weighted by Crippen LogP contribution is -2.07. The van der Waals surface area contributed by atoms with Crippen LogP contribution in [0.2, 0.25) is 0 Å². The zero-order valence-electron chi connectivity index (χ0n) is 10.4. The SMILES string of the molecule is Cc1ccc2c(c1)nc1n(C)c(CCN)c(Br)n21. The van der Waals surface area contributed by atoms with E-state index in [0.717, 1.165) is 27.8 Å². The van der Waals surface area contributed by atoms with Crippen LogP contribution in [0.5, 0.6) is 0 Å². The molecule has 0 radical (unpaired) electrons. The summed E-state index contributed by atoms with van der Waals surface area (Å²) >= 11 is 3.67. The molecule has 0 aliphatic carbocycles. The first kappa shape index (κ1) is 11.7. The molecule has 0 spiro atoms. The summed E-state index contributed by atoms with van der Waals surface area (Å²) < 4.78 is 5.29. The highest BCUT2D eigenvalue weighted by atomic mass is 79.9. The normalized spacial score (nSPS) is 11.8. The Morgan fingerprint density at radius 3 is 2.89 bits per heavy atom.